The van der Waals surface area contributed by atoms with Crippen LogP contribution in [0, 0.1) is 0 Å². The summed E-state index contributed by atoms with van der Waals surface area (Å²) in [5, 5.41) is 13.3. The van der Waals surface area contributed by atoms with Crippen molar-refractivity contribution in [3.05, 3.63) is 11.8 Å². The van der Waals surface area contributed by atoms with Gasteiger partial charge < -0.3 is 10.6 Å². The summed E-state index contributed by atoms with van der Waals surface area (Å²) < 4.78 is 0. The van der Waals surface area contributed by atoms with E-state index < -0.39 is 0 Å². The molecule has 1 aromatic rings. The van der Waals surface area contributed by atoms with Gasteiger partial charge in [-0.05, 0) is 19.5 Å². The molecule has 0 spiro atoms. The van der Waals surface area contributed by atoms with Crippen LogP contribution in [0.25, 0.3) is 0 Å². The zero-order valence-electron chi connectivity index (χ0n) is 12.6. The van der Waals surface area contributed by atoms with Crippen molar-refractivity contribution in [2.45, 2.75) is 32.6 Å². The van der Waals surface area contributed by atoms with Gasteiger partial charge in [-0.1, -0.05) is 20.8 Å². The van der Waals surface area contributed by atoms with Gasteiger partial charge in [-0.25, -0.2) is 0 Å². The van der Waals surface area contributed by atoms with Crippen LogP contribution in [-0.4, -0.2) is 53.7 Å². The first-order valence-electron chi connectivity index (χ1n) is 7.24. The van der Waals surface area contributed by atoms with E-state index in [0.29, 0.717) is 12.4 Å². The molecular formula is C14H25N5O. The van der Waals surface area contributed by atoms with Gasteiger partial charge in [0.15, 0.2) is 5.82 Å². The smallest absolute Gasteiger partial charge is 0.239 e. The lowest BCUT2D eigenvalue weighted by molar-refractivity contribution is -0.117. The molecular weight excluding hydrogens is 254 g/mol. The summed E-state index contributed by atoms with van der Waals surface area (Å²) in [4.78, 5) is 14.2. The third-order valence-electron chi connectivity index (χ3n) is 3.45. The van der Waals surface area contributed by atoms with Crippen molar-refractivity contribution in [1.82, 2.24) is 20.4 Å². The van der Waals surface area contributed by atoms with Crippen molar-refractivity contribution in [3.63, 3.8) is 0 Å². The zero-order valence-corrected chi connectivity index (χ0v) is 12.6. The van der Waals surface area contributed by atoms with E-state index in [2.05, 4.69) is 46.5 Å². The van der Waals surface area contributed by atoms with Crippen LogP contribution in [0.2, 0.25) is 0 Å². The Hall–Kier alpha value is -1.40. The van der Waals surface area contributed by atoms with E-state index in [1.807, 2.05) is 6.07 Å². The molecule has 1 aromatic heterocycles. The highest BCUT2D eigenvalue weighted by atomic mass is 16.2. The fourth-order valence-corrected chi connectivity index (χ4v) is 2.22. The summed E-state index contributed by atoms with van der Waals surface area (Å²) in [6.45, 7) is 10.6. The summed E-state index contributed by atoms with van der Waals surface area (Å²) in [7, 11) is 0. The number of nitrogens with zero attached hydrogens (tertiary/aromatic N) is 2. The van der Waals surface area contributed by atoms with Gasteiger partial charge in [0.25, 0.3) is 0 Å². The number of rotatable bonds is 3. The number of carbonyl (C=O) groups excluding carboxylic acids is 1. The molecule has 0 saturated carbocycles. The van der Waals surface area contributed by atoms with Gasteiger partial charge in [-0.15, -0.1) is 0 Å². The first-order valence-corrected chi connectivity index (χ1v) is 7.24. The molecule has 2 heterocycles. The zero-order chi connectivity index (χ0) is 14.6. The van der Waals surface area contributed by atoms with Crippen LogP contribution in [-0.2, 0) is 10.2 Å². The average Bonchev–Trinajstić information content (AvgIpc) is 2.67. The minimum atomic E-state index is -0.00106. The largest absolute Gasteiger partial charge is 0.315 e. The Kier molecular flexibility index (Phi) is 4.77. The molecule has 0 unspecified atom stereocenters. The van der Waals surface area contributed by atoms with E-state index in [4.69, 9.17) is 0 Å². The van der Waals surface area contributed by atoms with E-state index in [0.717, 1.165) is 38.3 Å². The monoisotopic (exact) mass is 279 g/mol. The second-order valence-corrected chi connectivity index (χ2v) is 6.34. The Morgan fingerprint density at radius 2 is 2.20 bits per heavy atom. The Morgan fingerprint density at radius 3 is 2.90 bits per heavy atom. The number of aromatic nitrogens is 2. The molecule has 0 radical (unpaired) electrons. The molecule has 0 atom stereocenters. The predicted molar refractivity (Wildman–Crippen MR) is 79.8 cm³/mol. The molecule has 112 valence electrons. The van der Waals surface area contributed by atoms with Crippen molar-refractivity contribution in [2.75, 3.05) is 38.0 Å². The first kappa shape index (κ1) is 15.0. The highest BCUT2D eigenvalue weighted by molar-refractivity contribution is 5.91. The van der Waals surface area contributed by atoms with Crippen molar-refractivity contribution in [3.8, 4) is 0 Å². The Bertz CT molecular complexity index is 441. The molecule has 6 heteroatoms. The van der Waals surface area contributed by atoms with E-state index >= 15 is 0 Å². The SMILES string of the molecule is CC(C)(C)c1cc(NC(=O)CN2CCCNCC2)n[nH]1. The quantitative estimate of drug-likeness (QED) is 0.770. The third-order valence-corrected chi connectivity index (χ3v) is 3.45. The minimum absolute atomic E-state index is 0.00106. The highest BCUT2D eigenvalue weighted by Gasteiger charge is 2.18. The van der Waals surface area contributed by atoms with E-state index in [1.54, 1.807) is 0 Å². The lowest BCUT2D eigenvalue weighted by Crippen LogP contribution is -2.35. The molecule has 0 bridgehead atoms. The van der Waals surface area contributed by atoms with E-state index in [1.165, 1.54) is 0 Å². The average molecular weight is 279 g/mol. The van der Waals surface area contributed by atoms with Gasteiger partial charge in [0.1, 0.15) is 0 Å². The first-order chi connectivity index (χ1) is 9.45. The maximum atomic E-state index is 12.0. The van der Waals surface area contributed by atoms with Gasteiger partial charge in [0, 0.05) is 30.3 Å². The lowest BCUT2D eigenvalue weighted by Gasteiger charge is -2.18. The number of H-pyrrole nitrogens is 1. The second-order valence-electron chi connectivity index (χ2n) is 6.34. The summed E-state index contributed by atoms with van der Waals surface area (Å²) in [6, 6.07) is 1.90. The molecule has 3 N–H and O–H groups in total. The highest BCUT2D eigenvalue weighted by Crippen LogP contribution is 2.21. The molecule has 6 nitrogen and oxygen atoms in total. The second kappa shape index (κ2) is 6.37. The van der Waals surface area contributed by atoms with Crippen molar-refractivity contribution < 1.29 is 4.79 Å². The van der Waals surface area contributed by atoms with Gasteiger partial charge >= 0.3 is 0 Å². The molecule has 0 aromatic carbocycles. The lowest BCUT2D eigenvalue weighted by atomic mass is 9.92. The normalized spacial score (nSPS) is 17.8. The topological polar surface area (TPSA) is 73.1 Å². The van der Waals surface area contributed by atoms with Crippen LogP contribution in [0.4, 0.5) is 5.82 Å². The fraction of sp³-hybridized carbons (Fsp3) is 0.714. The number of aromatic amines is 1. The Balaban J connectivity index is 1.86. The standard InChI is InChI=1S/C14H25N5O/c1-14(2,3)11-9-12(18-17-11)16-13(20)10-19-7-4-5-15-6-8-19/h9,15H,4-8,10H2,1-3H3,(H2,16,17,18,20). The van der Waals surface area contributed by atoms with Crippen LogP contribution in [0.3, 0.4) is 0 Å². The van der Waals surface area contributed by atoms with Gasteiger partial charge in [-0.3, -0.25) is 14.8 Å². The maximum absolute atomic E-state index is 12.0. The van der Waals surface area contributed by atoms with Gasteiger partial charge in [0.05, 0.1) is 6.54 Å². The minimum Gasteiger partial charge on any atom is -0.315 e. The van der Waals surface area contributed by atoms with Crippen LogP contribution < -0.4 is 10.6 Å². The molecule has 1 fully saturated rings. The molecule has 1 aliphatic heterocycles. The summed E-state index contributed by atoms with van der Waals surface area (Å²) in [5.74, 6) is 0.603. The molecule has 20 heavy (non-hydrogen) atoms. The van der Waals surface area contributed by atoms with Gasteiger partial charge in [0.2, 0.25) is 5.91 Å². The Labute approximate surface area is 120 Å². The van der Waals surface area contributed by atoms with Crippen molar-refractivity contribution >= 4 is 11.7 Å². The molecule has 1 saturated heterocycles. The van der Waals surface area contributed by atoms with Crippen LogP contribution in [0.5, 0.6) is 0 Å². The molecule has 1 amide bonds. The summed E-state index contributed by atoms with van der Waals surface area (Å²) >= 11 is 0. The molecule has 0 aliphatic carbocycles. The number of amides is 1. The van der Waals surface area contributed by atoms with Gasteiger partial charge in [-0.2, -0.15) is 5.10 Å². The third kappa shape index (κ3) is 4.31. The number of carbonyl (C=O) groups is 1. The predicted octanol–water partition coefficient (Wildman–Crippen LogP) is 0.941. The van der Waals surface area contributed by atoms with Crippen LogP contribution in [0.15, 0.2) is 6.07 Å². The summed E-state index contributed by atoms with van der Waals surface area (Å²) in [6.07, 6.45) is 1.09. The fourth-order valence-electron chi connectivity index (χ4n) is 2.22. The Morgan fingerprint density at radius 1 is 1.40 bits per heavy atom. The summed E-state index contributed by atoms with van der Waals surface area (Å²) in [5.41, 5.74) is 1.03. The number of hydrogen-bond acceptors (Lipinski definition) is 4. The number of hydrogen-bond donors (Lipinski definition) is 3. The van der Waals surface area contributed by atoms with E-state index in [9.17, 15) is 4.79 Å². The number of nitrogens with one attached hydrogen (secondary N) is 3. The molecule has 2 rings (SSSR count). The van der Waals surface area contributed by atoms with E-state index in [-0.39, 0.29) is 11.3 Å². The van der Waals surface area contributed by atoms with Crippen LogP contribution >= 0.6 is 0 Å². The van der Waals surface area contributed by atoms with Crippen molar-refractivity contribution in [1.29, 1.82) is 0 Å². The van der Waals surface area contributed by atoms with Crippen molar-refractivity contribution in [2.24, 2.45) is 0 Å². The number of anilines is 1. The molecule has 1 aliphatic rings. The maximum Gasteiger partial charge on any atom is 0.239 e. The van der Waals surface area contributed by atoms with Crippen LogP contribution in [0.1, 0.15) is 32.9 Å².